The van der Waals surface area contributed by atoms with Gasteiger partial charge in [-0.1, -0.05) is 55.4 Å². The number of aromatic nitrogens is 5. The van der Waals surface area contributed by atoms with Gasteiger partial charge in [0, 0.05) is 11.8 Å². The molecule has 0 bridgehead atoms. The monoisotopic (exact) mass is 340 g/mol. The molecule has 0 saturated heterocycles. The highest BCUT2D eigenvalue weighted by atomic mass is 16.5. The van der Waals surface area contributed by atoms with Gasteiger partial charge in [-0.15, -0.1) is 5.10 Å². The quantitative estimate of drug-likeness (QED) is 0.762. The summed E-state index contributed by atoms with van der Waals surface area (Å²) in [5, 5.41) is 14.1. The van der Waals surface area contributed by atoms with Gasteiger partial charge >= 0.3 is 0 Å². The average molecular weight is 340 g/mol. The fraction of sp³-hybridized carbons (Fsp3) is 0.353. The van der Waals surface area contributed by atoms with E-state index in [4.69, 9.17) is 4.52 Å². The molecule has 0 saturated carbocycles. The Bertz CT molecular complexity index is 831. The van der Waals surface area contributed by atoms with E-state index in [9.17, 15) is 4.79 Å². The van der Waals surface area contributed by atoms with Gasteiger partial charge in [0.15, 0.2) is 0 Å². The van der Waals surface area contributed by atoms with Crippen molar-refractivity contribution in [2.45, 2.75) is 39.3 Å². The van der Waals surface area contributed by atoms with Crippen molar-refractivity contribution < 1.29 is 9.32 Å². The van der Waals surface area contributed by atoms with E-state index in [1.54, 1.807) is 6.20 Å². The highest BCUT2D eigenvalue weighted by molar-refractivity contribution is 5.75. The van der Waals surface area contributed by atoms with Crippen LogP contribution in [0, 0.1) is 0 Å². The zero-order chi connectivity index (χ0) is 17.9. The Morgan fingerprint density at radius 3 is 2.64 bits per heavy atom. The number of nitrogens with zero attached hydrogens (tertiary/aromatic N) is 5. The lowest BCUT2D eigenvalue weighted by molar-refractivity contribution is -0.122. The molecule has 0 fully saturated rings. The molecule has 8 heteroatoms. The smallest absolute Gasteiger partial charge is 0.246 e. The minimum Gasteiger partial charge on any atom is -0.345 e. The molecule has 3 aromatic rings. The fourth-order valence-electron chi connectivity index (χ4n) is 2.26. The molecule has 0 spiro atoms. The normalized spacial score (nSPS) is 11.5. The molecule has 1 amide bonds. The summed E-state index contributed by atoms with van der Waals surface area (Å²) in [6.07, 6.45) is 3.13. The second-order valence-corrected chi connectivity index (χ2v) is 6.72. The highest BCUT2D eigenvalue weighted by Gasteiger charge is 2.15. The van der Waals surface area contributed by atoms with E-state index in [2.05, 4.69) is 58.7 Å². The summed E-state index contributed by atoms with van der Waals surface area (Å²) in [5.74, 6) is 0.641. The van der Waals surface area contributed by atoms with Crippen LogP contribution >= 0.6 is 0 Å². The Balaban J connectivity index is 1.59. The molecule has 1 aromatic carbocycles. The number of amides is 1. The molecular formula is C17H20N6O2. The van der Waals surface area contributed by atoms with Crippen LogP contribution < -0.4 is 5.32 Å². The number of rotatable bonds is 5. The van der Waals surface area contributed by atoms with Gasteiger partial charge in [-0.05, 0) is 11.0 Å². The van der Waals surface area contributed by atoms with Gasteiger partial charge in [-0.25, -0.2) is 4.68 Å². The van der Waals surface area contributed by atoms with Gasteiger partial charge in [0.2, 0.25) is 17.6 Å². The van der Waals surface area contributed by atoms with Crippen LogP contribution in [0.25, 0.3) is 11.4 Å². The minimum atomic E-state index is -0.209. The summed E-state index contributed by atoms with van der Waals surface area (Å²) < 4.78 is 6.63. The molecule has 25 heavy (non-hydrogen) atoms. The summed E-state index contributed by atoms with van der Waals surface area (Å²) in [6, 6.07) is 8.06. The summed E-state index contributed by atoms with van der Waals surface area (Å²) in [7, 11) is 0. The number of nitrogens with one attached hydrogen (secondary N) is 1. The molecule has 0 atom stereocenters. The molecular weight excluding hydrogens is 320 g/mol. The van der Waals surface area contributed by atoms with E-state index >= 15 is 0 Å². The largest absolute Gasteiger partial charge is 0.345 e. The van der Waals surface area contributed by atoms with Crippen molar-refractivity contribution in [1.29, 1.82) is 0 Å². The molecule has 1 N–H and O–H groups in total. The van der Waals surface area contributed by atoms with Gasteiger partial charge in [0.05, 0.1) is 12.7 Å². The molecule has 0 unspecified atom stereocenters. The van der Waals surface area contributed by atoms with E-state index in [0.29, 0.717) is 11.7 Å². The number of carbonyl (C=O) groups excluding carboxylic acids is 1. The third kappa shape index (κ3) is 4.28. The summed E-state index contributed by atoms with van der Waals surface area (Å²) in [6.45, 7) is 6.75. The first-order valence-corrected chi connectivity index (χ1v) is 7.96. The molecule has 0 aliphatic heterocycles. The van der Waals surface area contributed by atoms with Crippen LogP contribution in [-0.4, -0.2) is 31.0 Å². The van der Waals surface area contributed by atoms with Crippen molar-refractivity contribution in [2.24, 2.45) is 0 Å². The van der Waals surface area contributed by atoms with E-state index < -0.39 is 0 Å². The van der Waals surface area contributed by atoms with E-state index in [0.717, 1.165) is 5.56 Å². The highest BCUT2D eigenvalue weighted by Crippen LogP contribution is 2.24. The van der Waals surface area contributed by atoms with Crippen LogP contribution in [0.3, 0.4) is 0 Å². The predicted octanol–water partition coefficient (Wildman–Crippen LogP) is 1.94. The lowest BCUT2D eigenvalue weighted by Gasteiger charge is -2.18. The van der Waals surface area contributed by atoms with Gasteiger partial charge < -0.3 is 9.84 Å². The Hall–Kier alpha value is -3.03. The van der Waals surface area contributed by atoms with Crippen LogP contribution in [0.1, 0.15) is 32.2 Å². The summed E-state index contributed by atoms with van der Waals surface area (Å²) in [5.41, 5.74) is 2.20. The average Bonchev–Trinajstić information content (AvgIpc) is 3.24. The lowest BCUT2D eigenvalue weighted by atomic mass is 9.87. The van der Waals surface area contributed by atoms with Gasteiger partial charge in [-0.2, -0.15) is 4.98 Å². The summed E-state index contributed by atoms with van der Waals surface area (Å²) in [4.78, 5) is 16.1. The van der Waals surface area contributed by atoms with E-state index in [-0.39, 0.29) is 24.4 Å². The molecule has 2 aromatic heterocycles. The van der Waals surface area contributed by atoms with Crippen molar-refractivity contribution in [1.82, 2.24) is 30.5 Å². The minimum absolute atomic E-state index is 0.0925. The van der Waals surface area contributed by atoms with Crippen LogP contribution in [0.15, 0.2) is 41.2 Å². The van der Waals surface area contributed by atoms with E-state index in [1.165, 1.54) is 16.4 Å². The zero-order valence-corrected chi connectivity index (χ0v) is 14.4. The second-order valence-electron chi connectivity index (χ2n) is 6.72. The maximum Gasteiger partial charge on any atom is 0.246 e. The Kier molecular flexibility index (Phi) is 4.60. The zero-order valence-electron chi connectivity index (χ0n) is 14.4. The third-order valence-corrected chi connectivity index (χ3v) is 3.69. The topological polar surface area (TPSA) is 98.7 Å². The first kappa shape index (κ1) is 16.8. The molecule has 8 nitrogen and oxygen atoms in total. The first-order valence-electron chi connectivity index (χ1n) is 7.96. The molecule has 130 valence electrons. The van der Waals surface area contributed by atoms with Crippen molar-refractivity contribution in [3.05, 3.63) is 48.1 Å². The molecule has 2 heterocycles. The third-order valence-electron chi connectivity index (χ3n) is 3.69. The SMILES string of the molecule is CC(C)(C)c1ccc(-c2noc(CNC(=O)Cn3ccnn3)n2)cc1. The van der Waals surface area contributed by atoms with Crippen LogP contribution in [0.4, 0.5) is 0 Å². The van der Waals surface area contributed by atoms with Crippen molar-refractivity contribution in [3.8, 4) is 11.4 Å². The summed E-state index contributed by atoms with van der Waals surface area (Å²) >= 11 is 0. The molecule has 0 aliphatic carbocycles. The standard InChI is InChI=1S/C17H20N6O2/c1-17(2,3)13-6-4-12(5-7-13)16-20-15(25-21-16)10-18-14(24)11-23-9-8-19-22-23/h4-9H,10-11H2,1-3H3,(H,18,24). The van der Waals surface area contributed by atoms with Crippen molar-refractivity contribution in [2.75, 3.05) is 0 Å². The first-order chi connectivity index (χ1) is 11.9. The van der Waals surface area contributed by atoms with Gasteiger partial charge in [0.25, 0.3) is 0 Å². The molecule has 0 aliphatic rings. The number of carbonyl (C=O) groups is 1. The van der Waals surface area contributed by atoms with Crippen LogP contribution in [0.2, 0.25) is 0 Å². The van der Waals surface area contributed by atoms with E-state index in [1.807, 2.05) is 12.1 Å². The Labute approximate surface area is 145 Å². The van der Waals surface area contributed by atoms with Crippen LogP contribution in [0.5, 0.6) is 0 Å². The van der Waals surface area contributed by atoms with Crippen molar-refractivity contribution in [3.63, 3.8) is 0 Å². The molecule has 3 rings (SSSR count). The van der Waals surface area contributed by atoms with Crippen molar-refractivity contribution >= 4 is 5.91 Å². The van der Waals surface area contributed by atoms with Gasteiger partial charge in [-0.3, -0.25) is 4.79 Å². The number of hydrogen-bond acceptors (Lipinski definition) is 6. The fourth-order valence-corrected chi connectivity index (χ4v) is 2.26. The van der Waals surface area contributed by atoms with Gasteiger partial charge in [0.1, 0.15) is 6.54 Å². The number of hydrogen-bond donors (Lipinski definition) is 1. The number of benzene rings is 1. The Morgan fingerprint density at radius 2 is 2.00 bits per heavy atom. The maximum absolute atomic E-state index is 11.8. The molecule has 0 radical (unpaired) electrons. The maximum atomic E-state index is 11.8. The Morgan fingerprint density at radius 1 is 1.24 bits per heavy atom. The van der Waals surface area contributed by atoms with Crippen LogP contribution in [-0.2, 0) is 23.3 Å². The predicted molar refractivity (Wildman–Crippen MR) is 90.3 cm³/mol. The lowest BCUT2D eigenvalue weighted by Crippen LogP contribution is -2.27. The second kappa shape index (κ2) is 6.84.